The third kappa shape index (κ3) is 3.67. The van der Waals surface area contributed by atoms with E-state index in [2.05, 4.69) is 27.3 Å². The fourth-order valence-electron chi connectivity index (χ4n) is 2.21. The smallest absolute Gasteiger partial charge is 0.306 e. The first-order valence-corrected chi connectivity index (χ1v) is 8.45. The minimum absolute atomic E-state index is 0.215. The van der Waals surface area contributed by atoms with Crippen LogP contribution in [-0.4, -0.2) is 25.5 Å². The number of carbonyl (C=O) groups is 1. The zero-order valence-corrected chi connectivity index (χ0v) is 13.0. The third-order valence-electron chi connectivity index (χ3n) is 3.23. The summed E-state index contributed by atoms with van der Waals surface area (Å²) in [5.74, 6) is -1.29. The predicted octanol–water partition coefficient (Wildman–Crippen LogP) is 1.82. The van der Waals surface area contributed by atoms with Crippen molar-refractivity contribution >= 4 is 38.6 Å². The summed E-state index contributed by atoms with van der Waals surface area (Å²) >= 11 is 2.10. The van der Waals surface area contributed by atoms with Crippen molar-refractivity contribution in [3.8, 4) is 0 Å². The molecule has 0 radical (unpaired) electrons. The maximum atomic E-state index is 12.1. The number of carboxylic acids is 1. The van der Waals surface area contributed by atoms with E-state index < -0.39 is 21.9 Å². The molecule has 2 N–H and O–H groups in total. The molecule has 1 aromatic carbocycles. The highest BCUT2D eigenvalue weighted by Crippen LogP contribution is 2.27. The van der Waals surface area contributed by atoms with Crippen LogP contribution in [0, 0.1) is 9.49 Å². The van der Waals surface area contributed by atoms with Gasteiger partial charge in [-0.3, -0.25) is 4.79 Å². The molecule has 0 spiro atoms. The van der Waals surface area contributed by atoms with Gasteiger partial charge in [-0.2, -0.15) is 0 Å². The van der Waals surface area contributed by atoms with E-state index in [9.17, 15) is 13.2 Å². The molecule has 1 fully saturated rings. The molecule has 0 aliphatic heterocycles. The Labute approximate surface area is 125 Å². The molecule has 2 rings (SSSR count). The van der Waals surface area contributed by atoms with E-state index in [1.165, 1.54) is 0 Å². The van der Waals surface area contributed by atoms with Crippen LogP contribution in [0.3, 0.4) is 0 Å². The zero-order valence-electron chi connectivity index (χ0n) is 10.0. The lowest BCUT2D eigenvalue weighted by Gasteiger charge is -2.13. The van der Waals surface area contributed by atoms with Crippen molar-refractivity contribution in [1.82, 2.24) is 4.72 Å². The molecule has 1 aromatic rings. The standard InChI is InChI=1S/C12H14INO4S/c13-9-2-5-11(6-3-9)19(17,18)14-10-4-1-8(7-10)12(15)16/h2-3,5-6,8,10,14H,1,4,7H2,(H,15,16)/t8-,10+/m1/s1. The van der Waals surface area contributed by atoms with Crippen LogP contribution in [0.2, 0.25) is 0 Å². The Morgan fingerprint density at radius 1 is 1.26 bits per heavy atom. The van der Waals surface area contributed by atoms with E-state index in [4.69, 9.17) is 5.11 Å². The summed E-state index contributed by atoms with van der Waals surface area (Å²) in [5.41, 5.74) is 0. The normalized spacial score (nSPS) is 23.4. The van der Waals surface area contributed by atoms with Crippen LogP contribution in [-0.2, 0) is 14.8 Å². The number of benzene rings is 1. The summed E-state index contributed by atoms with van der Waals surface area (Å²) in [6.07, 6.45) is 1.45. The van der Waals surface area contributed by atoms with Crippen LogP contribution in [0.1, 0.15) is 19.3 Å². The molecule has 7 heteroatoms. The number of hydrogen-bond donors (Lipinski definition) is 2. The second kappa shape index (κ2) is 5.76. The van der Waals surface area contributed by atoms with Gasteiger partial charge in [0.1, 0.15) is 0 Å². The van der Waals surface area contributed by atoms with Crippen molar-refractivity contribution in [1.29, 1.82) is 0 Å². The molecular weight excluding hydrogens is 381 g/mol. The van der Waals surface area contributed by atoms with Gasteiger partial charge in [0.2, 0.25) is 10.0 Å². The average Bonchev–Trinajstić information content (AvgIpc) is 2.77. The van der Waals surface area contributed by atoms with Crippen LogP contribution >= 0.6 is 22.6 Å². The summed E-state index contributed by atoms with van der Waals surface area (Å²) in [5, 5.41) is 8.90. The van der Waals surface area contributed by atoms with E-state index in [1.54, 1.807) is 24.3 Å². The topological polar surface area (TPSA) is 83.5 Å². The van der Waals surface area contributed by atoms with Crippen LogP contribution in [0.15, 0.2) is 29.2 Å². The number of hydrogen-bond acceptors (Lipinski definition) is 3. The molecule has 104 valence electrons. The second-order valence-corrected chi connectivity index (χ2v) is 7.58. The molecule has 0 unspecified atom stereocenters. The van der Waals surface area contributed by atoms with Gasteiger partial charge in [0.05, 0.1) is 10.8 Å². The third-order valence-corrected chi connectivity index (χ3v) is 5.48. The van der Waals surface area contributed by atoms with Crippen molar-refractivity contribution in [2.75, 3.05) is 0 Å². The van der Waals surface area contributed by atoms with Gasteiger partial charge in [0.25, 0.3) is 0 Å². The Kier molecular flexibility index (Phi) is 4.46. The first-order chi connectivity index (χ1) is 8.88. The van der Waals surface area contributed by atoms with E-state index in [0.29, 0.717) is 19.3 Å². The molecule has 1 aliphatic rings. The molecule has 0 amide bonds. The SMILES string of the molecule is O=C(O)[C@@H]1CC[C@H](NS(=O)(=O)c2ccc(I)cc2)C1. The van der Waals surface area contributed by atoms with E-state index in [-0.39, 0.29) is 10.9 Å². The highest BCUT2D eigenvalue weighted by Gasteiger charge is 2.32. The predicted molar refractivity (Wildman–Crippen MR) is 78.2 cm³/mol. The maximum absolute atomic E-state index is 12.1. The van der Waals surface area contributed by atoms with Crippen LogP contribution < -0.4 is 4.72 Å². The highest BCUT2D eigenvalue weighted by atomic mass is 127. The quantitative estimate of drug-likeness (QED) is 0.762. The first kappa shape index (κ1) is 14.7. The molecule has 0 bridgehead atoms. The lowest BCUT2D eigenvalue weighted by Crippen LogP contribution is -2.33. The van der Waals surface area contributed by atoms with Gasteiger partial charge in [-0.25, -0.2) is 13.1 Å². The lowest BCUT2D eigenvalue weighted by atomic mass is 10.1. The molecule has 1 aliphatic carbocycles. The van der Waals surface area contributed by atoms with Gasteiger partial charge in [-0.05, 0) is 66.1 Å². The van der Waals surface area contributed by atoms with Crippen molar-refractivity contribution in [3.05, 3.63) is 27.8 Å². The van der Waals surface area contributed by atoms with Crippen molar-refractivity contribution in [2.45, 2.75) is 30.2 Å². The molecule has 0 heterocycles. The van der Waals surface area contributed by atoms with Crippen molar-refractivity contribution in [3.63, 3.8) is 0 Å². The minimum atomic E-state index is -3.56. The molecule has 5 nitrogen and oxygen atoms in total. The highest BCUT2D eigenvalue weighted by molar-refractivity contribution is 14.1. The molecule has 0 aromatic heterocycles. The fourth-order valence-corrected chi connectivity index (χ4v) is 3.86. The summed E-state index contributed by atoms with van der Waals surface area (Å²) < 4.78 is 27.8. The molecular formula is C12H14INO4S. The van der Waals surface area contributed by atoms with Crippen LogP contribution in [0.5, 0.6) is 0 Å². The minimum Gasteiger partial charge on any atom is -0.481 e. The van der Waals surface area contributed by atoms with Gasteiger partial charge in [-0.1, -0.05) is 0 Å². The number of carboxylic acid groups (broad SMARTS) is 1. The maximum Gasteiger partial charge on any atom is 0.306 e. The number of nitrogens with one attached hydrogen (secondary N) is 1. The number of rotatable bonds is 4. The second-order valence-electron chi connectivity index (χ2n) is 4.62. The van der Waals surface area contributed by atoms with Gasteiger partial charge in [-0.15, -0.1) is 0 Å². The summed E-state index contributed by atoms with van der Waals surface area (Å²) in [4.78, 5) is 11.1. The Hall–Kier alpha value is -0.670. The summed E-state index contributed by atoms with van der Waals surface area (Å²) in [6, 6.07) is 6.26. The molecule has 19 heavy (non-hydrogen) atoms. The fraction of sp³-hybridized carbons (Fsp3) is 0.417. The molecule has 1 saturated carbocycles. The van der Waals surface area contributed by atoms with E-state index in [1.807, 2.05) is 0 Å². The Balaban J connectivity index is 2.06. The van der Waals surface area contributed by atoms with Gasteiger partial charge >= 0.3 is 5.97 Å². The van der Waals surface area contributed by atoms with Gasteiger partial charge < -0.3 is 5.11 Å². The van der Waals surface area contributed by atoms with Crippen LogP contribution in [0.4, 0.5) is 0 Å². The Morgan fingerprint density at radius 2 is 1.89 bits per heavy atom. The number of sulfonamides is 1. The van der Waals surface area contributed by atoms with Crippen molar-refractivity contribution < 1.29 is 18.3 Å². The van der Waals surface area contributed by atoms with Crippen molar-refractivity contribution in [2.24, 2.45) is 5.92 Å². The van der Waals surface area contributed by atoms with Crippen LogP contribution in [0.25, 0.3) is 0 Å². The molecule has 2 atom stereocenters. The zero-order chi connectivity index (χ0) is 14.0. The first-order valence-electron chi connectivity index (χ1n) is 5.89. The lowest BCUT2D eigenvalue weighted by molar-refractivity contribution is -0.141. The Bertz CT molecular complexity index is 570. The Morgan fingerprint density at radius 3 is 2.42 bits per heavy atom. The van der Waals surface area contributed by atoms with Gasteiger partial charge in [0, 0.05) is 9.61 Å². The monoisotopic (exact) mass is 395 g/mol. The van der Waals surface area contributed by atoms with E-state index in [0.717, 1.165) is 3.57 Å². The van der Waals surface area contributed by atoms with E-state index >= 15 is 0 Å². The summed E-state index contributed by atoms with van der Waals surface area (Å²) in [7, 11) is -3.56. The number of aliphatic carboxylic acids is 1. The van der Waals surface area contributed by atoms with Gasteiger partial charge in [0.15, 0.2) is 0 Å². The molecule has 0 saturated heterocycles. The number of halogens is 1. The average molecular weight is 395 g/mol. The largest absolute Gasteiger partial charge is 0.481 e. The summed E-state index contributed by atoms with van der Waals surface area (Å²) in [6.45, 7) is 0.